The van der Waals surface area contributed by atoms with Crippen LogP contribution >= 0.6 is 0 Å². The van der Waals surface area contributed by atoms with E-state index < -0.39 is 24.5 Å². The first-order valence-electron chi connectivity index (χ1n) is 10.2. The minimum atomic E-state index is -0.741. The van der Waals surface area contributed by atoms with Crippen LogP contribution in [0, 0.1) is 0 Å². The Balaban J connectivity index is 1.61. The molecule has 172 valence electrons. The van der Waals surface area contributed by atoms with Gasteiger partial charge in [-0.05, 0) is 66.6 Å². The molecule has 0 aliphatic heterocycles. The lowest BCUT2D eigenvalue weighted by molar-refractivity contribution is -0.131. The largest absolute Gasteiger partial charge is 0.423 e. The van der Waals surface area contributed by atoms with E-state index in [-0.39, 0.29) is 17.1 Å². The van der Waals surface area contributed by atoms with Crippen LogP contribution in [-0.2, 0) is 9.59 Å². The molecule has 3 aromatic carbocycles. The highest BCUT2D eigenvalue weighted by atomic mass is 16.5. The van der Waals surface area contributed by atoms with Gasteiger partial charge in [0.2, 0.25) is 0 Å². The van der Waals surface area contributed by atoms with Crippen molar-refractivity contribution >= 4 is 17.9 Å². The number of hydrogen-bond donors (Lipinski definition) is 1. The van der Waals surface area contributed by atoms with Crippen LogP contribution < -0.4 is 14.2 Å². The summed E-state index contributed by atoms with van der Waals surface area (Å²) in [6, 6.07) is 19.7. The molecular weight excluding hydrogens is 436 g/mol. The van der Waals surface area contributed by atoms with Crippen LogP contribution in [0.3, 0.4) is 0 Å². The highest BCUT2D eigenvalue weighted by Gasteiger charge is 2.12. The molecule has 0 radical (unpaired) electrons. The Morgan fingerprint density at radius 1 is 0.676 bits per heavy atom. The van der Waals surface area contributed by atoms with E-state index in [9.17, 15) is 14.4 Å². The lowest BCUT2D eigenvalue weighted by Gasteiger charge is -2.08. The van der Waals surface area contributed by atoms with Crippen molar-refractivity contribution in [3.8, 4) is 28.4 Å². The summed E-state index contributed by atoms with van der Waals surface area (Å²) >= 11 is 0. The minimum Gasteiger partial charge on any atom is -0.423 e. The highest BCUT2D eigenvalue weighted by molar-refractivity contribution is 5.92. The van der Waals surface area contributed by atoms with Gasteiger partial charge in [-0.2, -0.15) is 0 Å². The van der Waals surface area contributed by atoms with Crippen molar-refractivity contribution < 1.29 is 33.7 Å². The van der Waals surface area contributed by atoms with Gasteiger partial charge in [-0.1, -0.05) is 37.4 Å². The van der Waals surface area contributed by atoms with Gasteiger partial charge in [0.25, 0.3) is 0 Å². The van der Waals surface area contributed by atoms with Crippen LogP contribution in [0.2, 0.25) is 0 Å². The number of carbonyl (C=O) groups is 3. The molecule has 0 aromatic heterocycles. The van der Waals surface area contributed by atoms with Crippen LogP contribution in [0.25, 0.3) is 11.1 Å². The second-order valence-electron chi connectivity index (χ2n) is 7.28. The Kier molecular flexibility index (Phi) is 7.74. The smallest absolute Gasteiger partial charge is 0.343 e. The third-order valence-corrected chi connectivity index (χ3v) is 4.59. The van der Waals surface area contributed by atoms with Crippen molar-refractivity contribution in [3.05, 3.63) is 103 Å². The second kappa shape index (κ2) is 10.9. The summed E-state index contributed by atoms with van der Waals surface area (Å²) in [5.74, 6) is -0.865. The molecule has 1 N–H and O–H groups in total. The Bertz CT molecular complexity index is 1220. The molecule has 0 heterocycles. The molecule has 3 aromatic rings. The van der Waals surface area contributed by atoms with Crippen molar-refractivity contribution in [1.82, 2.24) is 0 Å². The van der Waals surface area contributed by atoms with Gasteiger partial charge >= 0.3 is 17.9 Å². The third kappa shape index (κ3) is 6.27. The average molecular weight is 458 g/mol. The van der Waals surface area contributed by atoms with Gasteiger partial charge in [0.15, 0.2) is 0 Å². The van der Waals surface area contributed by atoms with Crippen molar-refractivity contribution in [2.24, 2.45) is 0 Å². The van der Waals surface area contributed by atoms with Gasteiger partial charge in [-0.3, -0.25) is 0 Å². The van der Waals surface area contributed by atoms with E-state index in [1.807, 2.05) is 0 Å². The molecular formula is C27H22O7. The van der Waals surface area contributed by atoms with Gasteiger partial charge in [0.05, 0.1) is 17.7 Å². The summed E-state index contributed by atoms with van der Waals surface area (Å²) < 4.78 is 15.6. The summed E-state index contributed by atoms with van der Waals surface area (Å²) in [5.41, 5.74) is 2.34. The Morgan fingerprint density at radius 2 is 1.09 bits per heavy atom. The fourth-order valence-electron chi connectivity index (χ4n) is 2.69. The number of esters is 3. The van der Waals surface area contributed by atoms with E-state index in [0.717, 1.165) is 11.1 Å². The number of aliphatic hydroxyl groups is 1. The lowest BCUT2D eigenvalue weighted by atomic mass is 10.0. The quantitative estimate of drug-likeness (QED) is 0.301. The average Bonchev–Trinajstić information content (AvgIpc) is 2.85. The molecule has 7 nitrogen and oxygen atoms in total. The molecule has 0 saturated carbocycles. The molecule has 0 aliphatic carbocycles. The highest BCUT2D eigenvalue weighted by Crippen LogP contribution is 2.24. The van der Waals surface area contributed by atoms with E-state index in [2.05, 4.69) is 13.2 Å². The van der Waals surface area contributed by atoms with Gasteiger partial charge in [-0.25, -0.2) is 14.4 Å². The van der Waals surface area contributed by atoms with Crippen molar-refractivity contribution in [1.29, 1.82) is 0 Å². The van der Waals surface area contributed by atoms with Gasteiger partial charge < -0.3 is 19.3 Å². The SMILES string of the molecule is C=C(C)C(=O)Oc1ccc(-c2ccc(C(=O)Oc3ccc(OC(=O)C(=C)CO)cc3)cc2)cc1. The lowest BCUT2D eigenvalue weighted by Crippen LogP contribution is -2.13. The van der Waals surface area contributed by atoms with Crippen LogP contribution in [0.1, 0.15) is 17.3 Å². The van der Waals surface area contributed by atoms with E-state index in [0.29, 0.717) is 16.9 Å². The second-order valence-corrected chi connectivity index (χ2v) is 7.28. The van der Waals surface area contributed by atoms with Crippen LogP contribution in [-0.4, -0.2) is 29.6 Å². The van der Waals surface area contributed by atoms with E-state index in [1.165, 1.54) is 24.3 Å². The van der Waals surface area contributed by atoms with Crippen molar-refractivity contribution in [2.75, 3.05) is 6.61 Å². The molecule has 7 heteroatoms. The molecule has 0 saturated heterocycles. The van der Waals surface area contributed by atoms with Gasteiger partial charge in [0.1, 0.15) is 17.2 Å². The number of ether oxygens (including phenoxy) is 3. The summed E-state index contributed by atoms with van der Waals surface area (Å²) in [6.45, 7) is 8.02. The fraction of sp³-hybridized carbons (Fsp3) is 0.0741. The maximum absolute atomic E-state index is 12.5. The molecule has 3 rings (SSSR count). The topological polar surface area (TPSA) is 99.1 Å². The van der Waals surface area contributed by atoms with Crippen LogP contribution in [0.5, 0.6) is 17.2 Å². The van der Waals surface area contributed by atoms with E-state index in [1.54, 1.807) is 55.5 Å². The van der Waals surface area contributed by atoms with Crippen LogP contribution in [0.15, 0.2) is 97.1 Å². The molecule has 0 amide bonds. The molecule has 0 aliphatic rings. The minimum absolute atomic E-state index is 0.0684. The number of aliphatic hydroxyl groups excluding tert-OH is 1. The maximum atomic E-state index is 12.5. The number of rotatable bonds is 8. The Labute approximate surface area is 196 Å². The number of benzene rings is 3. The zero-order valence-corrected chi connectivity index (χ0v) is 18.4. The monoisotopic (exact) mass is 458 g/mol. The van der Waals surface area contributed by atoms with Gasteiger partial charge in [-0.15, -0.1) is 0 Å². The predicted octanol–water partition coefficient (Wildman–Crippen LogP) is 4.51. The fourth-order valence-corrected chi connectivity index (χ4v) is 2.69. The normalized spacial score (nSPS) is 10.2. The summed E-state index contributed by atoms with van der Waals surface area (Å²) in [4.78, 5) is 35.7. The molecule has 34 heavy (non-hydrogen) atoms. The predicted molar refractivity (Wildman–Crippen MR) is 126 cm³/mol. The Hall–Kier alpha value is -4.49. The zero-order chi connectivity index (χ0) is 24.7. The first-order valence-corrected chi connectivity index (χ1v) is 10.2. The molecule has 0 atom stereocenters. The first kappa shape index (κ1) is 24.2. The van der Waals surface area contributed by atoms with Crippen molar-refractivity contribution in [2.45, 2.75) is 6.92 Å². The Morgan fingerprint density at radius 3 is 1.56 bits per heavy atom. The third-order valence-electron chi connectivity index (χ3n) is 4.59. The standard InChI is InChI=1S/C27H22O7/c1-17(2)25(29)32-22-10-8-20(9-11-22)19-4-6-21(7-5-19)27(31)34-24-14-12-23(13-15-24)33-26(30)18(3)16-28/h4-15,28H,1,3,16H2,2H3. The number of hydrogen-bond acceptors (Lipinski definition) is 7. The molecule has 0 bridgehead atoms. The van der Waals surface area contributed by atoms with Crippen molar-refractivity contribution in [3.63, 3.8) is 0 Å². The summed E-state index contributed by atoms with van der Waals surface area (Å²) in [5, 5.41) is 8.90. The van der Waals surface area contributed by atoms with Crippen LogP contribution in [0.4, 0.5) is 0 Å². The van der Waals surface area contributed by atoms with E-state index in [4.69, 9.17) is 19.3 Å². The first-order chi connectivity index (χ1) is 16.3. The number of carbonyl (C=O) groups excluding carboxylic acids is 3. The maximum Gasteiger partial charge on any atom is 0.343 e. The summed E-state index contributed by atoms with van der Waals surface area (Å²) in [6.07, 6.45) is 0. The van der Waals surface area contributed by atoms with Gasteiger partial charge in [0, 0.05) is 5.57 Å². The molecule has 0 spiro atoms. The van der Waals surface area contributed by atoms with E-state index >= 15 is 0 Å². The molecule has 0 unspecified atom stereocenters. The zero-order valence-electron chi connectivity index (χ0n) is 18.4. The molecule has 0 fully saturated rings. The summed E-state index contributed by atoms with van der Waals surface area (Å²) in [7, 11) is 0.